The number of benzene rings is 2. The Bertz CT molecular complexity index is 619. The summed E-state index contributed by atoms with van der Waals surface area (Å²) < 4.78 is 0. The van der Waals surface area contributed by atoms with E-state index in [9.17, 15) is 5.11 Å². The maximum Gasteiger partial charge on any atom is 0.0886 e. The van der Waals surface area contributed by atoms with Crippen molar-refractivity contribution in [3.63, 3.8) is 0 Å². The number of rotatable bonds is 5. The van der Waals surface area contributed by atoms with Crippen LogP contribution in [0.15, 0.2) is 54.6 Å². The van der Waals surface area contributed by atoms with E-state index in [0.29, 0.717) is 0 Å². The van der Waals surface area contributed by atoms with Crippen LogP contribution in [0.4, 0.5) is 0 Å². The Morgan fingerprint density at radius 2 is 1.65 bits per heavy atom. The molecule has 3 heteroatoms. The fraction of sp³-hybridized carbons (Fsp3) is 0.400. The van der Waals surface area contributed by atoms with E-state index < -0.39 is 5.60 Å². The topological polar surface area (TPSA) is 35.5 Å². The van der Waals surface area contributed by atoms with Crippen LogP contribution in [-0.2, 0) is 5.60 Å². The molecule has 1 atom stereocenters. The number of hydrogen-bond acceptors (Lipinski definition) is 3. The van der Waals surface area contributed by atoms with Crippen molar-refractivity contribution in [2.24, 2.45) is 0 Å². The van der Waals surface area contributed by atoms with E-state index in [-0.39, 0.29) is 0 Å². The number of aliphatic hydroxyl groups is 1. The Balaban J connectivity index is 1.79. The molecule has 2 N–H and O–H groups in total. The molecule has 0 aliphatic carbocycles. The average Bonchev–Trinajstić information content (AvgIpc) is 2.62. The summed E-state index contributed by atoms with van der Waals surface area (Å²) >= 11 is 0. The Morgan fingerprint density at radius 3 is 2.39 bits per heavy atom. The lowest BCUT2D eigenvalue weighted by atomic mass is 9.86. The van der Waals surface area contributed by atoms with Crippen molar-refractivity contribution in [1.82, 2.24) is 10.2 Å². The molecular weight excluding hydrogens is 284 g/mol. The quantitative estimate of drug-likeness (QED) is 0.891. The molecule has 2 aromatic carbocycles. The van der Waals surface area contributed by atoms with Crippen molar-refractivity contribution in [2.75, 3.05) is 32.7 Å². The first-order chi connectivity index (χ1) is 11.2. The molecule has 1 unspecified atom stereocenters. The molecule has 0 bridgehead atoms. The zero-order valence-corrected chi connectivity index (χ0v) is 13.8. The van der Waals surface area contributed by atoms with E-state index in [1.165, 1.54) is 0 Å². The zero-order valence-electron chi connectivity index (χ0n) is 13.8. The molecule has 0 radical (unpaired) electrons. The minimum Gasteiger partial charge on any atom is -0.385 e. The molecule has 1 aliphatic rings. The van der Waals surface area contributed by atoms with Crippen LogP contribution in [0.25, 0.3) is 11.1 Å². The van der Waals surface area contributed by atoms with E-state index in [1.807, 2.05) is 37.3 Å². The monoisotopic (exact) mass is 310 g/mol. The number of nitrogens with one attached hydrogen (secondary N) is 1. The van der Waals surface area contributed by atoms with Crippen LogP contribution < -0.4 is 5.32 Å². The summed E-state index contributed by atoms with van der Waals surface area (Å²) in [6, 6.07) is 18.5. The highest BCUT2D eigenvalue weighted by Crippen LogP contribution is 2.33. The lowest BCUT2D eigenvalue weighted by molar-refractivity contribution is 0.0350. The lowest BCUT2D eigenvalue weighted by Crippen LogP contribution is -2.45. The van der Waals surface area contributed by atoms with Crippen molar-refractivity contribution in [3.8, 4) is 11.1 Å². The van der Waals surface area contributed by atoms with Gasteiger partial charge >= 0.3 is 0 Å². The van der Waals surface area contributed by atoms with E-state index in [2.05, 4.69) is 34.5 Å². The van der Waals surface area contributed by atoms with Crippen LogP contribution in [-0.4, -0.2) is 42.7 Å². The van der Waals surface area contributed by atoms with E-state index >= 15 is 0 Å². The van der Waals surface area contributed by atoms with E-state index in [4.69, 9.17) is 0 Å². The largest absolute Gasteiger partial charge is 0.385 e. The van der Waals surface area contributed by atoms with Gasteiger partial charge in [0.05, 0.1) is 5.60 Å². The van der Waals surface area contributed by atoms with Gasteiger partial charge in [0.1, 0.15) is 0 Å². The summed E-state index contributed by atoms with van der Waals surface area (Å²) in [5.41, 5.74) is 2.47. The third kappa shape index (κ3) is 3.99. The number of nitrogens with zero attached hydrogens (tertiary/aromatic N) is 1. The first-order valence-electron chi connectivity index (χ1n) is 8.47. The third-order valence-corrected chi connectivity index (χ3v) is 4.72. The predicted octanol–water partition coefficient (Wildman–Crippen LogP) is 2.86. The summed E-state index contributed by atoms with van der Waals surface area (Å²) in [5.74, 6) is 0. The second kappa shape index (κ2) is 7.26. The SMILES string of the molecule is CC(O)(CCN1CCNCC1)c1ccccc1-c1ccccc1. The molecule has 0 saturated carbocycles. The standard InChI is InChI=1S/C20H26N2O/c1-20(23,11-14-22-15-12-21-13-16-22)19-10-6-5-9-18(19)17-7-3-2-4-8-17/h2-10,21,23H,11-16H2,1H3. The Kier molecular flexibility index (Phi) is 5.11. The molecule has 0 spiro atoms. The first kappa shape index (κ1) is 16.2. The van der Waals surface area contributed by atoms with Crippen LogP contribution >= 0.6 is 0 Å². The Labute approximate surface area is 139 Å². The maximum atomic E-state index is 11.1. The molecule has 1 saturated heterocycles. The van der Waals surface area contributed by atoms with Crippen LogP contribution in [0.3, 0.4) is 0 Å². The molecule has 23 heavy (non-hydrogen) atoms. The minimum absolute atomic E-state index is 0.747. The van der Waals surface area contributed by atoms with Gasteiger partial charge in [-0.25, -0.2) is 0 Å². The number of hydrogen-bond donors (Lipinski definition) is 2. The minimum atomic E-state index is -0.822. The van der Waals surface area contributed by atoms with Crippen LogP contribution in [0.5, 0.6) is 0 Å². The van der Waals surface area contributed by atoms with E-state index in [1.54, 1.807) is 0 Å². The summed E-state index contributed by atoms with van der Waals surface area (Å²) in [6.07, 6.45) is 0.747. The van der Waals surface area contributed by atoms with Gasteiger partial charge in [-0.05, 0) is 30.0 Å². The van der Waals surface area contributed by atoms with Crippen molar-refractivity contribution >= 4 is 0 Å². The molecule has 1 fully saturated rings. The second-order valence-electron chi connectivity index (χ2n) is 6.53. The van der Waals surface area contributed by atoms with Crippen molar-refractivity contribution in [1.29, 1.82) is 0 Å². The fourth-order valence-electron chi connectivity index (χ4n) is 3.27. The van der Waals surface area contributed by atoms with Gasteiger partial charge in [-0.15, -0.1) is 0 Å². The normalized spacial score (nSPS) is 18.5. The van der Waals surface area contributed by atoms with Crippen LogP contribution in [0.1, 0.15) is 18.9 Å². The van der Waals surface area contributed by atoms with Gasteiger partial charge < -0.3 is 15.3 Å². The smallest absolute Gasteiger partial charge is 0.0886 e. The highest BCUT2D eigenvalue weighted by molar-refractivity contribution is 5.68. The molecule has 0 amide bonds. The van der Waals surface area contributed by atoms with Gasteiger partial charge in [0.15, 0.2) is 0 Å². The van der Waals surface area contributed by atoms with Gasteiger partial charge in [-0.2, -0.15) is 0 Å². The third-order valence-electron chi connectivity index (χ3n) is 4.72. The molecule has 1 aliphatic heterocycles. The van der Waals surface area contributed by atoms with Gasteiger partial charge in [-0.3, -0.25) is 0 Å². The second-order valence-corrected chi connectivity index (χ2v) is 6.53. The molecule has 3 rings (SSSR count). The lowest BCUT2D eigenvalue weighted by Gasteiger charge is -2.32. The summed E-state index contributed by atoms with van der Waals surface area (Å²) in [5, 5.41) is 14.5. The van der Waals surface area contributed by atoms with E-state index in [0.717, 1.165) is 55.8 Å². The van der Waals surface area contributed by atoms with Gasteiger partial charge in [0.2, 0.25) is 0 Å². The molecule has 3 nitrogen and oxygen atoms in total. The highest BCUT2D eigenvalue weighted by Gasteiger charge is 2.27. The Morgan fingerprint density at radius 1 is 1.00 bits per heavy atom. The predicted molar refractivity (Wildman–Crippen MR) is 95.4 cm³/mol. The number of piperazine rings is 1. The van der Waals surface area contributed by atoms with Crippen molar-refractivity contribution in [3.05, 3.63) is 60.2 Å². The van der Waals surface area contributed by atoms with Gasteiger partial charge in [0.25, 0.3) is 0 Å². The average molecular weight is 310 g/mol. The van der Waals surface area contributed by atoms with Gasteiger partial charge in [-0.1, -0.05) is 54.6 Å². The van der Waals surface area contributed by atoms with Crippen LogP contribution in [0, 0.1) is 0 Å². The molecule has 2 aromatic rings. The highest BCUT2D eigenvalue weighted by atomic mass is 16.3. The molecular formula is C20H26N2O. The fourth-order valence-corrected chi connectivity index (χ4v) is 3.27. The molecule has 0 aromatic heterocycles. The molecule has 1 heterocycles. The Hall–Kier alpha value is -1.68. The zero-order chi connectivity index (χ0) is 16.1. The van der Waals surface area contributed by atoms with Crippen molar-refractivity contribution in [2.45, 2.75) is 18.9 Å². The summed E-state index contributed by atoms with van der Waals surface area (Å²) in [6.45, 7) is 7.09. The summed E-state index contributed by atoms with van der Waals surface area (Å²) in [7, 11) is 0. The molecule has 122 valence electrons. The van der Waals surface area contributed by atoms with Crippen molar-refractivity contribution < 1.29 is 5.11 Å². The summed E-state index contributed by atoms with van der Waals surface area (Å²) in [4.78, 5) is 2.43. The first-order valence-corrected chi connectivity index (χ1v) is 8.47. The van der Waals surface area contributed by atoms with Crippen LogP contribution in [0.2, 0.25) is 0 Å². The maximum absolute atomic E-state index is 11.1. The van der Waals surface area contributed by atoms with Gasteiger partial charge in [0, 0.05) is 32.7 Å².